The second kappa shape index (κ2) is 4.77. The fourth-order valence-electron chi connectivity index (χ4n) is 1.45. The fourth-order valence-corrected chi connectivity index (χ4v) is 2.22. The lowest BCUT2D eigenvalue weighted by Gasteiger charge is -2.13. The number of hydrogen-bond acceptors (Lipinski definition) is 2. The van der Waals surface area contributed by atoms with Crippen LogP contribution >= 0.6 is 34.8 Å². The summed E-state index contributed by atoms with van der Waals surface area (Å²) in [5.41, 5.74) is 4.71. The average molecular weight is 331 g/mol. The Balaban J connectivity index is 2.64. The topological polar surface area (TPSA) is 43.8 Å². The Morgan fingerprint density at radius 3 is 1.95 bits per heavy atom. The molecule has 19 heavy (non-hydrogen) atoms. The van der Waals surface area contributed by atoms with E-state index < -0.39 is 11.7 Å². The number of nitrogens with zero attached hydrogens (tertiary/aromatic N) is 2. The number of nitrogen functional groups attached to an aromatic ring is 1. The van der Waals surface area contributed by atoms with Gasteiger partial charge in [-0.25, -0.2) is 4.68 Å². The van der Waals surface area contributed by atoms with Crippen LogP contribution in [0.5, 0.6) is 0 Å². The van der Waals surface area contributed by atoms with E-state index in [-0.39, 0.29) is 26.6 Å². The summed E-state index contributed by atoms with van der Waals surface area (Å²) in [5.74, 6) is 0.0326. The third-order valence-electron chi connectivity index (χ3n) is 2.32. The SMILES string of the molecule is Nc1c(Cl)cnn1-c1c(Cl)cc(C(F)(F)F)cc1Cl. The van der Waals surface area contributed by atoms with Gasteiger partial charge in [-0.1, -0.05) is 34.8 Å². The molecule has 2 N–H and O–H groups in total. The van der Waals surface area contributed by atoms with Crippen molar-refractivity contribution < 1.29 is 13.2 Å². The predicted octanol–water partition coefficient (Wildman–Crippen LogP) is 4.43. The lowest BCUT2D eigenvalue weighted by Crippen LogP contribution is -2.08. The molecule has 1 heterocycles. The molecule has 0 aliphatic heterocycles. The van der Waals surface area contributed by atoms with Gasteiger partial charge in [-0.3, -0.25) is 0 Å². The molecule has 1 aromatic heterocycles. The number of alkyl halides is 3. The van der Waals surface area contributed by atoms with E-state index in [2.05, 4.69) is 5.10 Å². The molecule has 0 saturated carbocycles. The maximum atomic E-state index is 12.6. The summed E-state index contributed by atoms with van der Waals surface area (Å²) in [6.45, 7) is 0. The third-order valence-corrected chi connectivity index (χ3v) is 3.18. The van der Waals surface area contributed by atoms with E-state index in [1.54, 1.807) is 0 Å². The van der Waals surface area contributed by atoms with Crippen LogP contribution in [-0.4, -0.2) is 9.78 Å². The first-order chi connectivity index (χ1) is 8.71. The van der Waals surface area contributed by atoms with E-state index in [1.165, 1.54) is 6.20 Å². The van der Waals surface area contributed by atoms with E-state index in [9.17, 15) is 13.2 Å². The first-order valence-electron chi connectivity index (χ1n) is 4.77. The molecule has 0 radical (unpaired) electrons. The summed E-state index contributed by atoms with van der Waals surface area (Å²) >= 11 is 17.3. The number of benzene rings is 1. The van der Waals surface area contributed by atoms with Gasteiger partial charge in [0.25, 0.3) is 0 Å². The molecule has 0 bridgehead atoms. The maximum Gasteiger partial charge on any atom is 0.416 e. The molecule has 0 spiro atoms. The Kier molecular flexibility index (Phi) is 3.59. The number of hydrogen-bond donors (Lipinski definition) is 1. The van der Waals surface area contributed by atoms with Gasteiger partial charge in [-0.15, -0.1) is 0 Å². The Morgan fingerprint density at radius 2 is 1.58 bits per heavy atom. The second-order valence-electron chi connectivity index (χ2n) is 3.58. The zero-order valence-corrected chi connectivity index (χ0v) is 11.2. The summed E-state index contributed by atoms with van der Waals surface area (Å²) in [4.78, 5) is 0. The van der Waals surface area contributed by atoms with Crippen molar-refractivity contribution in [2.45, 2.75) is 6.18 Å². The average Bonchev–Trinajstić information content (AvgIpc) is 2.59. The first-order valence-corrected chi connectivity index (χ1v) is 5.91. The summed E-state index contributed by atoms with van der Waals surface area (Å²) in [5, 5.41) is 3.49. The van der Waals surface area contributed by atoms with Crippen molar-refractivity contribution in [2.24, 2.45) is 0 Å². The number of rotatable bonds is 1. The Hall–Kier alpha value is -1.11. The van der Waals surface area contributed by atoms with E-state index in [1.807, 2.05) is 0 Å². The minimum atomic E-state index is -4.54. The minimum Gasteiger partial charge on any atom is -0.382 e. The van der Waals surface area contributed by atoms with Gasteiger partial charge in [0.15, 0.2) is 0 Å². The molecule has 0 aliphatic carbocycles. The molecule has 2 rings (SSSR count). The second-order valence-corrected chi connectivity index (χ2v) is 4.80. The lowest BCUT2D eigenvalue weighted by atomic mass is 10.2. The van der Waals surface area contributed by atoms with Crippen molar-refractivity contribution in [3.63, 3.8) is 0 Å². The van der Waals surface area contributed by atoms with Crippen LogP contribution in [0.3, 0.4) is 0 Å². The largest absolute Gasteiger partial charge is 0.416 e. The monoisotopic (exact) mass is 329 g/mol. The van der Waals surface area contributed by atoms with Crippen molar-refractivity contribution in [3.05, 3.63) is 39.0 Å². The van der Waals surface area contributed by atoms with Gasteiger partial charge in [0.05, 0.1) is 21.8 Å². The fraction of sp³-hybridized carbons (Fsp3) is 0.100. The standard InChI is InChI=1S/C10H5Cl3F3N3/c11-5-1-4(10(14,15)16)2-6(12)8(5)19-9(17)7(13)3-18-19/h1-3H,17H2. The smallest absolute Gasteiger partial charge is 0.382 e. The zero-order chi connectivity index (χ0) is 14.4. The van der Waals surface area contributed by atoms with E-state index in [4.69, 9.17) is 40.5 Å². The zero-order valence-electron chi connectivity index (χ0n) is 8.97. The molecule has 0 amide bonds. The highest BCUT2D eigenvalue weighted by Gasteiger charge is 2.32. The number of nitrogens with two attached hydrogens (primary N) is 1. The molecule has 1 aromatic carbocycles. The number of anilines is 1. The molecule has 2 aromatic rings. The highest BCUT2D eigenvalue weighted by Crippen LogP contribution is 2.38. The normalized spacial score (nSPS) is 11.9. The molecular weight excluding hydrogens is 325 g/mol. The highest BCUT2D eigenvalue weighted by atomic mass is 35.5. The van der Waals surface area contributed by atoms with Crippen molar-refractivity contribution in [2.75, 3.05) is 5.73 Å². The van der Waals surface area contributed by atoms with Gasteiger partial charge in [-0.2, -0.15) is 18.3 Å². The van der Waals surface area contributed by atoms with Crippen molar-refractivity contribution >= 4 is 40.6 Å². The van der Waals surface area contributed by atoms with E-state index in [0.717, 1.165) is 16.8 Å². The molecule has 0 saturated heterocycles. The van der Waals surface area contributed by atoms with Gasteiger partial charge in [-0.05, 0) is 12.1 Å². The quantitative estimate of drug-likeness (QED) is 0.840. The van der Waals surface area contributed by atoms with Gasteiger partial charge < -0.3 is 5.73 Å². The van der Waals surface area contributed by atoms with Crippen LogP contribution in [0.15, 0.2) is 18.3 Å². The first kappa shape index (κ1) is 14.3. The van der Waals surface area contributed by atoms with Crippen LogP contribution in [0.4, 0.5) is 19.0 Å². The highest BCUT2D eigenvalue weighted by molar-refractivity contribution is 6.38. The van der Waals surface area contributed by atoms with E-state index >= 15 is 0 Å². The van der Waals surface area contributed by atoms with Gasteiger partial charge in [0, 0.05) is 0 Å². The van der Waals surface area contributed by atoms with Crippen LogP contribution in [-0.2, 0) is 6.18 Å². The summed E-state index contributed by atoms with van der Waals surface area (Å²) in [6.07, 6.45) is -3.31. The Bertz CT molecular complexity index is 614. The van der Waals surface area contributed by atoms with Crippen molar-refractivity contribution in [1.82, 2.24) is 9.78 Å². The van der Waals surface area contributed by atoms with Gasteiger partial charge >= 0.3 is 6.18 Å². The molecule has 3 nitrogen and oxygen atoms in total. The summed E-state index contributed by atoms with van der Waals surface area (Å²) in [6, 6.07) is 1.50. The maximum absolute atomic E-state index is 12.6. The van der Waals surface area contributed by atoms with Crippen LogP contribution in [0.1, 0.15) is 5.56 Å². The van der Waals surface area contributed by atoms with Crippen LogP contribution in [0.25, 0.3) is 5.69 Å². The number of aromatic nitrogens is 2. The van der Waals surface area contributed by atoms with Crippen molar-refractivity contribution in [1.29, 1.82) is 0 Å². The number of halogens is 6. The van der Waals surface area contributed by atoms with Crippen molar-refractivity contribution in [3.8, 4) is 5.69 Å². The van der Waals surface area contributed by atoms with Crippen LogP contribution in [0.2, 0.25) is 15.1 Å². The molecule has 0 aliphatic rings. The molecule has 9 heteroatoms. The lowest BCUT2D eigenvalue weighted by molar-refractivity contribution is -0.137. The molecule has 0 unspecified atom stereocenters. The van der Waals surface area contributed by atoms with Gasteiger partial charge in [0.2, 0.25) is 0 Å². The third kappa shape index (κ3) is 2.61. The minimum absolute atomic E-state index is 0.0326. The van der Waals surface area contributed by atoms with Crippen LogP contribution < -0.4 is 5.73 Å². The predicted molar refractivity (Wildman–Crippen MR) is 68.0 cm³/mol. The molecule has 0 atom stereocenters. The molecular formula is C10H5Cl3F3N3. The van der Waals surface area contributed by atoms with Crippen LogP contribution in [0, 0.1) is 0 Å². The van der Waals surface area contributed by atoms with Gasteiger partial charge in [0.1, 0.15) is 16.5 Å². The molecule has 0 fully saturated rings. The van der Waals surface area contributed by atoms with E-state index in [0.29, 0.717) is 0 Å². The summed E-state index contributed by atoms with van der Waals surface area (Å²) < 4.78 is 38.8. The Morgan fingerprint density at radius 1 is 1.05 bits per heavy atom. The molecule has 102 valence electrons. The Labute approximate surface area is 120 Å². The summed E-state index contributed by atoms with van der Waals surface area (Å²) in [7, 11) is 0.